The van der Waals surface area contributed by atoms with Gasteiger partial charge in [-0.1, -0.05) is 0 Å². The normalized spacial score (nSPS) is 10.9. The number of anilines is 1. The molecular weight excluding hydrogens is 257 g/mol. The van der Waals surface area contributed by atoms with Crippen LogP contribution in [0.5, 0.6) is 5.75 Å². The van der Waals surface area contributed by atoms with Gasteiger partial charge in [-0.2, -0.15) is 0 Å². The summed E-state index contributed by atoms with van der Waals surface area (Å²) in [5.74, 6) is -3.27. The number of carboxylic acid groups (broad SMARTS) is 1. The van der Waals surface area contributed by atoms with Gasteiger partial charge in [-0.15, -0.1) is 0 Å². The predicted molar refractivity (Wildman–Crippen MR) is 64.9 cm³/mol. The Morgan fingerprint density at radius 3 is 2.37 bits per heavy atom. The number of carbonyl (C=O) groups excluding carboxylic acids is 1. The number of carbonyl (C=O) groups is 2. The fourth-order valence-electron chi connectivity index (χ4n) is 1.26. The summed E-state index contributed by atoms with van der Waals surface area (Å²) in [6, 6.07) is 1.42. The van der Waals surface area contributed by atoms with E-state index in [0.717, 1.165) is 0 Å². The van der Waals surface area contributed by atoms with Crippen molar-refractivity contribution in [3.05, 3.63) is 23.5 Å². The van der Waals surface area contributed by atoms with Gasteiger partial charge in [0.1, 0.15) is 5.60 Å². The number of benzene rings is 1. The lowest BCUT2D eigenvalue weighted by atomic mass is 10.1. The SMILES string of the molecule is CC(C)(C)OC(=O)Nc1cc(F)c(O)cc1C(=O)O. The maximum atomic E-state index is 13.2. The van der Waals surface area contributed by atoms with Crippen LogP contribution in [0.3, 0.4) is 0 Å². The molecule has 0 fully saturated rings. The molecule has 3 N–H and O–H groups in total. The number of halogens is 1. The molecule has 19 heavy (non-hydrogen) atoms. The standard InChI is InChI=1S/C12H14FNO5/c1-12(2,3)19-11(18)14-8-5-7(13)9(15)4-6(8)10(16)17/h4-5,15H,1-3H3,(H,14,18)(H,16,17). The fourth-order valence-corrected chi connectivity index (χ4v) is 1.26. The van der Waals surface area contributed by atoms with E-state index >= 15 is 0 Å². The number of carboxylic acids is 1. The largest absolute Gasteiger partial charge is 0.505 e. The van der Waals surface area contributed by atoms with Crippen LogP contribution in [0.2, 0.25) is 0 Å². The molecule has 0 aliphatic heterocycles. The predicted octanol–water partition coefficient (Wildman–Crippen LogP) is 2.58. The van der Waals surface area contributed by atoms with Crippen molar-refractivity contribution in [3.63, 3.8) is 0 Å². The number of aromatic hydroxyl groups is 1. The second-order valence-corrected chi connectivity index (χ2v) is 4.78. The van der Waals surface area contributed by atoms with E-state index in [1.54, 1.807) is 20.8 Å². The highest BCUT2D eigenvalue weighted by Gasteiger charge is 2.20. The van der Waals surface area contributed by atoms with Gasteiger partial charge in [0.2, 0.25) is 0 Å². The summed E-state index contributed by atoms with van der Waals surface area (Å²) in [6.45, 7) is 4.88. The van der Waals surface area contributed by atoms with E-state index in [-0.39, 0.29) is 5.69 Å². The minimum atomic E-state index is -1.42. The number of phenols is 1. The average molecular weight is 271 g/mol. The van der Waals surface area contributed by atoms with Gasteiger partial charge < -0.3 is 14.9 Å². The van der Waals surface area contributed by atoms with E-state index in [1.165, 1.54) is 0 Å². The van der Waals surface area contributed by atoms with Crippen LogP contribution in [0.1, 0.15) is 31.1 Å². The van der Waals surface area contributed by atoms with E-state index in [0.29, 0.717) is 12.1 Å². The van der Waals surface area contributed by atoms with Crippen LogP contribution >= 0.6 is 0 Å². The Morgan fingerprint density at radius 1 is 1.32 bits per heavy atom. The van der Waals surface area contributed by atoms with Crippen molar-refractivity contribution in [2.75, 3.05) is 5.32 Å². The third kappa shape index (κ3) is 4.13. The molecule has 0 radical (unpaired) electrons. The van der Waals surface area contributed by atoms with Crippen LogP contribution in [-0.4, -0.2) is 27.9 Å². The molecule has 1 rings (SSSR count). The molecule has 7 heteroatoms. The van der Waals surface area contributed by atoms with Gasteiger partial charge in [-0.05, 0) is 26.8 Å². The lowest BCUT2D eigenvalue weighted by Crippen LogP contribution is -2.27. The molecule has 6 nitrogen and oxygen atoms in total. The van der Waals surface area contributed by atoms with Gasteiger partial charge in [0.05, 0.1) is 11.3 Å². The molecule has 0 spiro atoms. The van der Waals surface area contributed by atoms with E-state index in [4.69, 9.17) is 14.9 Å². The number of aromatic carboxylic acids is 1. The molecule has 1 amide bonds. The van der Waals surface area contributed by atoms with Crippen molar-refractivity contribution in [3.8, 4) is 5.75 Å². The van der Waals surface area contributed by atoms with Crippen molar-refractivity contribution >= 4 is 17.7 Å². The van der Waals surface area contributed by atoms with Crippen molar-refractivity contribution in [1.29, 1.82) is 0 Å². The van der Waals surface area contributed by atoms with Crippen LogP contribution in [-0.2, 0) is 4.74 Å². The summed E-state index contributed by atoms with van der Waals surface area (Å²) in [7, 11) is 0. The number of ether oxygens (including phenoxy) is 1. The van der Waals surface area contributed by atoms with E-state index < -0.39 is 34.8 Å². The minimum absolute atomic E-state index is 0.294. The number of hydrogen-bond donors (Lipinski definition) is 3. The van der Waals surface area contributed by atoms with Crippen LogP contribution in [0, 0.1) is 5.82 Å². The third-order valence-electron chi connectivity index (χ3n) is 1.95. The second kappa shape index (κ2) is 5.13. The Hall–Kier alpha value is -2.31. The first-order chi connectivity index (χ1) is 8.60. The van der Waals surface area contributed by atoms with Gasteiger partial charge >= 0.3 is 12.1 Å². The average Bonchev–Trinajstić information content (AvgIpc) is 2.19. The first kappa shape index (κ1) is 14.7. The Labute approximate surface area is 108 Å². The second-order valence-electron chi connectivity index (χ2n) is 4.78. The van der Waals surface area contributed by atoms with Crippen LogP contribution < -0.4 is 5.32 Å². The Kier molecular flexibility index (Phi) is 3.98. The summed E-state index contributed by atoms with van der Waals surface area (Å²) in [4.78, 5) is 22.4. The van der Waals surface area contributed by atoms with Gasteiger partial charge in [0.15, 0.2) is 11.6 Å². The maximum Gasteiger partial charge on any atom is 0.412 e. The Bertz CT molecular complexity index is 522. The minimum Gasteiger partial charge on any atom is -0.505 e. The number of amides is 1. The van der Waals surface area contributed by atoms with Gasteiger partial charge in [0.25, 0.3) is 0 Å². The Balaban J connectivity index is 3.03. The summed E-state index contributed by atoms with van der Waals surface area (Å²) in [5, 5.41) is 20.1. The molecule has 0 heterocycles. The van der Waals surface area contributed by atoms with Gasteiger partial charge in [-0.25, -0.2) is 14.0 Å². The number of nitrogens with one attached hydrogen (secondary N) is 1. The molecule has 0 aliphatic rings. The zero-order valence-electron chi connectivity index (χ0n) is 10.7. The first-order valence-corrected chi connectivity index (χ1v) is 5.36. The van der Waals surface area contributed by atoms with E-state index in [1.807, 2.05) is 0 Å². The fraction of sp³-hybridized carbons (Fsp3) is 0.333. The van der Waals surface area contributed by atoms with E-state index in [9.17, 15) is 14.0 Å². The highest BCUT2D eigenvalue weighted by Crippen LogP contribution is 2.25. The number of phenolic OH excluding ortho intramolecular Hbond substituents is 1. The van der Waals surface area contributed by atoms with Crippen molar-refractivity contribution in [2.24, 2.45) is 0 Å². The lowest BCUT2D eigenvalue weighted by molar-refractivity contribution is 0.0636. The molecule has 1 aromatic carbocycles. The number of rotatable bonds is 2. The topological polar surface area (TPSA) is 95.9 Å². The highest BCUT2D eigenvalue weighted by atomic mass is 19.1. The molecule has 0 aromatic heterocycles. The molecule has 0 bridgehead atoms. The monoisotopic (exact) mass is 271 g/mol. The van der Waals surface area contributed by atoms with Gasteiger partial charge in [-0.3, -0.25) is 5.32 Å². The molecule has 0 unspecified atom stereocenters. The summed E-state index contributed by atoms with van der Waals surface area (Å²) >= 11 is 0. The van der Waals surface area contributed by atoms with Gasteiger partial charge in [0, 0.05) is 6.07 Å². The summed E-state index contributed by atoms with van der Waals surface area (Å²) in [6.07, 6.45) is -0.917. The van der Waals surface area contributed by atoms with E-state index in [2.05, 4.69) is 5.32 Å². The lowest BCUT2D eigenvalue weighted by Gasteiger charge is -2.20. The highest BCUT2D eigenvalue weighted by molar-refractivity contribution is 5.99. The quantitative estimate of drug-likeness (QED) is 0.718. The third-order valence-corrected chi connectivity index (χ3v) is 1.95. The maximum absolute atomic E-state index is 13.2. The van der Waals surface area contributed by atoms with Crippen molar-refractivity contribution in [2.45, 2.75) is 26.4 Å². The van der Waals surface area contributed by atoms with Crippen LogP contribution in [0.4, 0.5) is 14.9 Å². The zero-order valence-corrected chi connectivity index (χ0v) is 10.7. The van der Waals surface area contributed by atoms with Crippen LogP contribution in [0.15, 0.2) is 12.1 Å². The molecule has 1 aromatic rings. The molecule has 0 aliphatic carbocycles. The smallest absolute Gasteiger partial charge is 0.412 e. The molecule has 0 saturated carbocycles. The van der Waals surface area contributed by atoms with Crippen molar-refractivity contribution in [1.82, 2.24) is 0 Å². The summed E-state index contributed by atoms with van der Waals surface area (Å²) < 4.78 is 18.1. The van der Waals surface area contributed by atoms with Crippen molar-refractivity contribution < 1.29 is 28.9 Å². The Morgan fingerprint density at radius 2 is 1.89 bits per heavy atom. The zero-order chi connectivity index (χ0) is 14.8. The molecule has 104 valence electrons. The molecule has 0 atom stereocenters. The number of hydrogen-bond acceptors (Lipinski definition) is 4. The molecule has 0 saturated heterocycles. The molecular formula is C12H14FNO5. The summed E-state index contributed by atoms with van der Waals surface area (Å²) in [5.41, 5.74) is -1.51. The first-order valence-electron chi connectivity index (χ1n) is 5.36. The van der Waals surface area contributed by atoms with Crippen LogP contribution in [0.25, 0.3) is 0 Å².